The van der Waals surface area contributed by atoms with E-state index in [9.17, 15) is 4.79 Å². The van der Waals surface area contributed by atoms with Gasteiger partial charge in [0.2, 0.25) is 0 Å². The molecule has 1 heterocycles. The third-order valence-corrected chi connectivity index (χ3v) is 6.66. The van der Waals surface area contributed by atoms with Crippen LogP contribution in [0.3, 0.4) is 0 Å². The number of nitriles is 1. The van der Waals surface area contributed by atoms with E-state index in [2.05, 4.69) is 26.9 Å². The highest BCUT2D eigenvalue weighted by molar-refractivity contribution is 5.89. The lowest BCUT2D eigenvalue weighted by Gasteiger charge is -2.40. The molecule has 3 atom stereocenters. The van der Waals surface area contributed by atoms with Crippen LogP contribution < -0.4 is 25.6 Å². The fourth-order valence-electron chi connectivity index (χ4n) is 4.91. The zero-order valence-corrected chi connectivity index (χ0v) is 19.2. The standard InChI is InChI=1S/C26H33N5O2/c1-33-23-14-10-20(11-15-23)29-26(32)30-25-7-3-2-6-24(25)28-21-5-4-16-31(18-21)22-12-8-19(17-27)9-13-22/h8-15,21,24-25,28H,2-7,16,18H2,1H3,(H2,29,30,32). The Hall–Kier alpha value is -3.24. The van der Waals surface area contributed by atoms with E-state index in [0.29, 0.717) is 11.6 Å². The number of benzene rings is 2. The number of nitrogens with one attached hydrogen (secondary N) is 3. The molecule has 33 heavy (non-hydrogen) atoms. The van der Waals surface area contributed by atoms with Crippen molar-refractivity contribution < 1.29 is 9.53 Å². The molecule has 174 valence electrons. The number of carbonyl (C=O) groups excluding carboxylic acids is 1. The molecule has 2 aromatic carbocycles. The van der Waals surface area contributed by atoms with Crippen LogP contribution in [0.15, 0.2) is 48.5 Å². The number of hydrogen-bond donors (Lipinski definition) is 3. The Labute approximate surface area is 196 Å². The van der Waals surface area contributed by atoms with Gasteiger partial charge in [-0.25, -0.2) is 4.79 Å². The molecular formula is C26H33N5O2. The van der Waals surface area contributed by atoms with Gasteiger partial charge in [-0.05, 0) is 74.2 Å². The second kappa shape index (κ2) is 11.1. The normalized spacial score (nSPS) is 22.8. The molecule has 7 heteroatoms. The molecular weight excluding hydrogens is 414 g/mol. The fraction of sp³-hybridized carbons (Fsp3) is 0.462. The molecule has 0 aromatic heterocycles. The van der Waals surface area contributed by atoms with Crippen molar-refractivity contribution in [3.05, 3.63) is 54.1 Å². The van der Waals surface area contributed by atoms with Crippen LogP contribution in [0.5, 0.6) is 5.75 Å². The summed E-state index contributed by atoms with van der Waals surface area (Å²) in [6.07, 6.45) is 6.63. The van der Waals surface area contributed by atoms with Crippen molar-refractivity contribution in [1.29, 1.82) is 5.26 Å². The molecule has 2 aromatic rings. The predicted molar refractivity (Wildman–Crippen MR) is 131 cm³/mol. The molecule has 2 aliphatic rings. The van der Waals surface area contributed by atoms with Crippen LogP contribution >= 0.6 is 0 Å². The summed E-state index contributed by atoms with van der Waals surface area (Å²) in [5, 5.41) is 19.0. The van der Waals surface area contributed by atoms with Gasteiger partial charge in [0.25, 0.3) is 0 Å². The number of carbonyl (C=O) groups is 1. The first-order valence-corrected chi connectivity index (χ1v) is 11.9. The van der Waals surface area contributed by atoms with E-state index in [1.807, 2.05) is 48.5 Å². The van der Waals surface area contributed by atoms with Crippen LogP contribution in [0.4, 0.5) is 16.2 Å². The zero-order valence-electron chi connectivity index (χ0n) is 19.2. The highest BCUT2D eigenvalue weighted by Gasteiger charge is 2.30. The maximum absolute atomic E-state index is 12.6. The Kier molecular flexibility index (Phi) is 7.69. The quantitative estimate of drug-likeness (QED) is 0.616. The smallest absolute Gasteiger partial charge is 0.319 e. The van der Waals surface area contributed by atoms with Crippen LogP contribution in [0, 0.1) is 11.3 Å². The minimum absolute atomic E-state index is 0.113. The number of urea groups is 1. The van der Waals surface area contributed by atoms with Crippen LogP contribution in [0.1, 0.15) is 44.1 Å². The van der Waals surface area contributed by atoms with Crippen LogP contribution in [-0.2, 0) is 0 Å². The van der Waals surface area contributed by atoms with Crippen molar-refractivity contribution in [2.75, 3.05) is 30.4 Å². The van der Waals surface area contributed by atoms with Gasteiger partial charge in [-0.3, -0.25) is 0 Å². The number of amides is 2. The Balaban J connectivity index is 1.32. The number of nitrogens with zero attached hydrogens (tertiary/aromatic N) is 2. The topological polar surface area (TPSA) is 89.4 Å². The summed E-state index contributed by atoms with van der Waals surface area (Å²) >= 11 is 0. The second-order valence-corrected chi connectivity index (χ2v) is 8.93. The second-order valence-electron chi connectivity index (χ2n) is 8.93. The van der Waals surface area contributed by atoms with Crippen molar-refractivity contribution in [1.82, 2.24) is 10.6 Å². The molecule has 0 bridgehead atoms. The van der Waals surface area contributed by atoms with E-state index < -0.39 is 0 Å². The fourth-order valence-corrected chi connectivity index (χ4v) is 4.91. The van der Waals surface area contributed by atoms with Gasteiger partial charge in [0.1, 0.15) is 5.75 Å². The summed E-state index contributed by atoms with van der Waals surface area (Å²) < 4.78 is 5.18. The maximum Gasteiger partial charge on any atom is 0.319 e. The summed E-state index contributed by atoms with van der Waals surface area (Å²) in [5.74, 6) is 0.764. The van der Waals surface area contributed by atoms with E-state index in [4.69, 9.17) is 10.00 Å². The van der Waals surface area contributed by atoms with E-state index in [1.54, 1.807) is 7.11 Å². The SMILES string of the molecule is COc1ccc(NC(=O)NC2CCCCC2NC2CCCN(c3ccc(C#N)cc3)C2)cc1. The number of hydrogen-bond acceptors (Lipinski definition) is 5. The lowest BCUT2D eigenvalue weighted by atomic mass is 9.89. The minimum Gasteiger partial charge on any atom is -0.497 e. The Morgan fingerprint density at radius 1 is 1.00 bits per heavy atom. The molecule has 2 amide bonds. The number of ether oxygens (including phenoxy) is 1. The average molecular weight is 448 g/mol. The van der Waals surface area contributed by atoms with E-state index in [-0.39, 0.29) is 18.1 Å². The van der Waals surface area contributed by atoms with Gasteiger partial charge in [-0.1, -0.05) is 12.8 Å². The Bertz CT molecular complexity index is 954. The number of methoxy groups -OCH3 is 1. The summed E-state index contributed by atoms with van der Waals surface area (Å²) in [4.78, 5) is 15.0. The van der Waals surface area contributed by atoms with Crippen molar-refractivity contribution >= 4 is 17.4 Å². The maximum atomic E-state index is 12.6. The number of piperidine rings is 1. The van der Waals surface area contributed by atoms with Gasteiger partial charge in [-0.2, -0.15) is 5.26 Å². The summed E-state index contributed by atoms with van der Waals surface area (Å²) in [7, 11) is 1.63. The zero-order chi connectivity index (χ0) is 23.0. The molecule has 3 unspecified atom stereocenters. The molecule has 1 saturated carbocycles. The summed E-state index contributed by atoms with van der Waals surface area (Å²) in [6.45, 7) is 1.97. The van der Waals surface area contributed by atoms with E-state index in [0.717, 1.165) is 62.3 Å². The van der Waals surface area contributed by atoms with Gasteiger partial charge < -0.3 is 25.6 Å². The largest absolute Gasteiger partial charge is 0.497 e. The van der Waals surface area contributed by atoms with Crippen molar-refractivity contribution in [3.8, 4) is 11.8 Å². The van der Waals surface area contributed by atoms with E-state index >= 15 is 0 Å². The molecule has 4 rings (SSSR count). The van der Waals surface area contributed by atoms with Gasteiger partial charge in [0.15, 0.2) is 0 Å². The van der Waals surface area contributed by atoms with Crippen molar-refractivity contribution in [3.63, 3.8) is 0 Å². The minimum atomic E-state index is -0.165. The molecule has 0 radical (unpaired) electrons. The number of anilines is 2. The van der Waals surface area contributed by atoms with Crippen molar-refractivity contribution in [2.45, 2.75) is 56.7 Å². The van der Waals surface area contributed by atoms with Crippen molar-refractivity contribution in [2.24, 2.45) is 0 Å². The summed E-state index contributed by atoms with van der Waals surface area (Å²) in [6, 6.07) is 18.0. The lowest BCUT2D eigenvalue weighted by Crippen LogP contribution is -2.57. The first-order valence-electron chi connectivity index (χ1n) is 11.9. The predicted octanol–water partition coefficient (Wildman–Crippen LogP) is 4.26. The first kappa shape index (κ1) is 22.9. The third-order valence-electron chi connectivity index (χ3n) is 6.66. The molecule has 3 N–H and O–H groups in total. The monoisotopic (exact) mass is 447 g/mol. The average Bonchev–Trinajstić information content (AvgIpc) is 2.86. The molecule has 1 aliphatic heterocycles. The molecule has 7 nitrogen and oxygen atoms in total. The van der Waals surface area contributed by atoms with Gasteiger partial charge in [-0.15, -0.1) is 0 Å². The molecule has 2 fully saturated rings. The van der Waals surface area contributed by atoms with Crippen LogP contribution in [0.25, 0.3) is 0 Å². The highest BCUT2D eigenvalue weighted by atomic mass is 16.5. The van der Waals surface area contributed by atoms with Gasteiger partial charge in [0, 0.05) is 42.6 Å². The van der Waals surface area contributed by atoms with Gasteiger partial charge >= 0.3 is 6.03 Å². The molecule has 1 saturated heterocycles. The lowest BCUT2D eigenvalue weighted by molar-refractivity contribution is 0.226. The highest BCUT2D eigenvalue weighted by Crippen LogP contribution is 2.24. The molecule has 0 spiro atoms. The van der Waals surface area contributed by atoms with E-state index in [1.165, 1.54) is 6.42 Å². The van der Waals surface area contributed by atoms with Crippen LogP contribution in [0.2, 0.25) is 0 Å². The Morgan fingerprint density at radius 3 is 2.42 bits per heavy atom. The third kappa shape index (κ3) is 6.17. The number of rotatable bonds is 6. The first-order chi connectivity index (χ1) is 16.1. The van der Waals surface area contributed by atoms with Crippen LogP contribution in [-0.4, -0.2) is 44.4 Å². The summed E-state index contributed by atoms with van der Waals surface area (Å²) in [5.41, 5.74) is 2.60. The molecule has 1 aliphatic carbocycles. The van der Waals surface area contributed by atoms with Gasteiger partial charge in [0.05, 0.1) is 18.7 Å². The Morgan fingerprint density at radius 2 is 1.73 bits per heavy atom.